The summed E-state index contributed by atoms with van der Waals surface area (Å²) < 4.78 is 34.7. The number of nitrogens with zero attached hydrogens (tertiary/aromatic N) is 2. The van der Waals surface area contributed by atoms with Crippen molar-refractivity contribution in [1.82, 2.24) is 5.43 Å². The average molecular weight is 624 g/mol. The number of nitrogens with one attached hydrogen (secondary N) is 1. The molecule has 0 aliphatic carbocycles. The van der Waals surface area contributed by atoms with Crippen LogP contribution in [0.15, 0.2) is 87.7 Å². The van der Waals surface area contributed by atoms with E-state index >= 15 is 0 Å². The summed E-state index contributed by atoms with van der Waals surface area (Å²) in [4.78, 5) is 13.8. The molecule has 0 aromatic heterocycles. The van der Waals surface area contributed by atoms with E-state index in [1.165, 1.54) is 11.8 Å². The number of thioether (sulfide) groups is 1. The van der Waals surface area contributed by atoms with Gasteiger partial charge in [-0.05, 0) is 109 Å². The molecule has 35 heavy (non-hydrogen) atoms. The number of rotatable bonds is 10. The van der Waals surface area contributed by atoms with E-state index in [0.29, 0.717) is 23.8 Å². The summed E-state index contributed by atoms with van der Waals surface area (Å²) in [5.74, 6) is 0.0492. The fourth-order valence-corrected chi connectivity index (χ4v) is 5.32. The first-order valence-corrected chi connectivity index (χ1v) is 14.5. The molecule has 10 heteroatoms. The van der Waals surface area contributed by atoms with Crippen LogP contribution in [-0.2, 0) is 14.8 Å². The number of amides is 1. The van der Waals surface area contributed by atoms with Gasteiger partial charge in [-0.1, -0.05) is 12.1 Å². The molecular formula is C25H26IN3O4S2. The van der Waals surface area contributed by atoms with Gasteiger partial charge in [0.2, 0.25) is 0 Å². The van der Waals surface area contributed by atoms with Gasteiger partial charge in [-0.15, -0.1) is 11.8 Å². The smallest absolute Gasteiger partial charge is 0.264 e. The van der Waals surface area contributed by atoms with Crippen LogP contribution in [0.1, 0.15) is 19.4 Å². The van der Waals surface area contributed by atoms with E-state index in [-0.39, 0.29) is 4.90 Å². The molecule has 0 aliphatic heterocycles. The Bertz CT molecular complexity index is 1280. The van der Waals surface area contributed by atoms with E-state index in [1.54, 1.807) is 55.5 Å². The van der Waals surface area contributed by atoms with E-state index in [9.17, 15) is 13.2 Å². The van der Waals surface area contributed by atoms with Crippen LogP contribution >= 0.6 is 34.4 Å². The van der Waals surface area contributed by atoms with Crippen LogP contribution in [0, 0.1) is 3.57 Å². The zero-order valence-electron chi connectivity index (χ0n) is 19.6. The summed E-state index contributed by atoms with van der Waals surface area (Å²) in [6.45, 7) is 3.69. The average Bonchev–Trinajstić information content (AvgIpc) is 2.87. The third-order valence-corrected chi connectivity index (χ3v) is 8.23. The molecule has 0 bridgehead atoms. The fourth-order valence-electron chi connectivity index (χ4n) is 3.13. The largest absolute Gasteiger partial charge is 0.494 e. The SMILES string of the molecule is CCOc1ccc(N(CC(=O)N/N=C(/C)c2ccc(I)cc2)S(=O)(=O)c2ccc(SC)cc2)cc1. The lowest BCUT2D eigenvalue weighted by atomic mass is 10.1. The Balaban J connectivity index is 1.87. The second kappa shape index (κ2) is 12.4. The van der Waals surface area contributed by atoms with Crippen molar-refractivity contribution in [2.24, 2.45) is 5.10 Å². The van der Waals surface area contributed by atoms with Crippen molar-refractivity contribution in [3.63, 3.8) is 0 Å². The van der Waals surface area contributed by atoms with Gasteiger partial charge in [-0.25, -0.2) is 13.8 Å². The molecule has 0 saturated carbocycles. The molecule has 1 amide bonds. The number of hydrogen-bond acceptors (Lipinski definition) is 6. The molecule has 3 rings (SSSR count). The summed E-state index contributed by atoms with van der Waals surface area (Å²) in [6, 6.07) is 20.8. The van der Waals surface area contributed by atoms with Gasteiger partial charge in [-0.3, -0.25) is 9.10 Å². The van der Waals surface area contributed by atoms with Gasteiger partial charge in [0.25, 0.3) is 15.9 Å². The predicted molar refractivity (Wildman–Crippen MR) is 150 cm³/mol. The number of anilines is 1. The van der Waals surface area contributed by atoms with Crippen molar-refractivity contribution in [2.45, 2.75) is 23.6 Å². The summed E-state index contributed by atoms with van der Waals surface area (Å²) >= 11 is 3.73. The number of carbonyl (C=O) groups excluding carboxylic acids is 1. The predicted octanol–water partition coefficient (Wildman–Crippen LogP) is 5.15. The first-order chi connectivity index (χ1) is 16.7. The molecule has 3 aromatic carbocycles. The van der Waals surface area contributed by atoms with E-state index in [4.69, 9.17) is 4.74 Å². The van der Waals surface area contributed by atoms with Crippen LogP contribution in [-0.4, -0.2) is 39.4 Å². The van der Waals surface area contributed by atoms with E-state index in [0.717, 1.165) is 18.3 Å². The van der Waals surface area contributed by atoms with Crippen molar-refractivity contribution < 1.29 is 17.9 Å². The number of hydrogen-bond donors (Lipinski definition) is 1. The van der Waals surface area contributed by atoms with Crippen LogP contribution in [0.5, 0.6) is 5.75 Å². The van der Waals surface area contributed by atoms with Gasteiger partial charge < -0.3 is 4.74 Å². The Kier molecular flexibility index (Phi) is 9.58. The van der Waals surface area contributed by atoms with Crippen molar-refractivity contribution in [1.29, 1.82) is 0 Å². The third-order valence-electron chi connectivity index (χ3n) is 4.98. The second-order valence-corrected chi connectivity index (χ2v) is 11.3. The lowest BCUT2D eigenvalue weighted by Crippen LogP contribution is -2.39. The Morgan fingerprint density at radius 2 is 1.66 bits per heavy atom. The first kappa shape index (κ1) is 27.0. The highest BCUT2D eigenvalue weighted by atomic mass is 127. The highest BCUT2D eigenvalue weighted by Crippen LogP contribution is 2.27. The Hall–Kier alpha value is -2.57. The lowest BCUT2D eigenvalue weighted by molar-refractivity contribution is -0.119. The van der Waals surface area contributed by atoms with Gasteiger partial charge in [0.15, 0.2) is 0 Å². The molecule has 0 unspecified atom stereocenters. The molecule has 0 radical (unpaired) electrons. The summed E-state index contributed by atoms with van der Waals surface area (Å²) in [7, 11) is -4.02. The molecule has 0 spiro atoms. The summed E-state index contributed by atoms with van der Waals surface area (Å²) in [6.07, 6.45) is 1.92. The van der Waals surface area contributed by atoms with Crippen LogP contribution < -0.4 is 14.5 Å². The number of benzene rings is 3. The molecule has 3 aromatic rings. The summed E-state index contributed by atoms with van der Waals surface area (Å²) in [5.41, 5.74) is 4.29. The van der Waals surface area contributed by atoms with Crippen LogP contribution in [0.4, 0.5) is 5.69 Å². The fraction of sp³-hybridized carbons (Fsp3) is 0.200. The maximum Gasteiger partial charge on any atom is 0.264 e. The van der Waals surface area contributed by atoms with Crippen molar-refractivity contribution in [2.75, 3.05) is 23.7 Å². The number of halogens is 1. The van der Waals surface area contributed by atoms with Crippen molar-refractivity contribution in [3.8, 4) is 5.75 Å². The molecule has 1 N–H and O–H groups in total. The van der Waals surface area contributed by atoms with E-state index in [1.807, 2.05) is 37.4 Å². The molecule has 184 valence electrons. The highest BCUT2D eigenvalue weighted by molar-refractivity contribution is 14.1. The van der Waals surface area contributed by atoms with Crippen LogP contribution in [0.2, 0.25) is 0 Å². The van der Waals surface area contributed by atoms with Gasteiger partial charge in [0.05, 0.1) is 22.9 Å². The zero-order chi connectivity index (χ0) is 25.4. The van der Waals surface area contributed by atoms with Crippen molar-refractivity contribution >= 4 is 61.7 Å². The normalized spacial score (nSPS) is 11.7. The molecule has 0 fully saturated rings. The standard InChI is InChI=1S/C25H26IN3O4S2/c1-4-33-22-11-9-21(10-12-22)29(35(31,32)24-15-13-23(34-3)14-16-24)17-25(30)28-27-18(2)19-5-7-20(26)8-6-19/h5-16H,4,17H2,1-3H3,(H,28,30)/b27-18-. The zero-order valence-corrected chi connectivity index (χ0v) is 23.4. The Morgan fingerprint density at radius 1 is 1.03 bits per heavy atom. The molecule has 0 atom stereocenters. The first-order valence-electron chi connectivity index (χ1n) is 10.7. The maximum atomic E-state index is 13.5. The van der Waals surface area contributed by atoms with Gasteiger partial charge in [-0.2, -0.15) is 5.10 Å². The minimum Gasteiger partial charge on any atom is -0.494 e. The second-order valence-electron chi connectivity index (χ2n) is 7.35. The minimum absolute atomic E-state index is 0.0931. The molecule has 0 saturated heterocycles. The highest BCUT2D eigenvalue weighted by Gasteiger charge is 2.27. The maximum absolute atomic E-state index is 13.5. The number of ether oxygens (including phenoxy) is 1. The molecule has 0 aliphatic rings. The number of hydrazone groups is 1. The minimum atomic E-state index is -4.02. The number of carbonyl (C=O) groups is 1. The lowest BCUT2D eigenvalue weighted by Gasteiger charge is -2.24. The van der Waals surface area contributed by atoms with E-state index in [2.05, 4.69) is 33.1 Å². The Morgan fingerprint density at radius 3 is 2.23 bits per heavy atom. The van der Waals surface area contributed by atoms with Gasteiger partial charge >= 0.3 is 0 Å². The summed E-state index contributed by atoms with van der Waals surface area (Å²) in [5, 5.41) is 4.16. The van der Waals surface area contributed by atoms with E-state index < -0.39 is 22.5 Å². The van der Waals surface area contributed by atoms with Crippen molar-refractivity contribution in [3.05, 3.63) is 81.9 Å². The number of sulfonamides is 1. The third kappa shape index (κ3) is 7.21. The van der Waals surface area contributed by atoms with Gasteiger partial charge in [0.1, 0.15) is 12.3 Å². The monoisotopic (exact) mass is 623 g/mol. The molecule has 0 heterocycles. The van der Waals surface area contributed by atoms with Crippen LogP contribution in [0.3, 0.4) is 0 Å². The van der Waals surface area contributed by atoms with Gasteiger partial charge in [0, 0.05) is 8.47 Å². The topological polar surface area (TPSA) is 88.1 Å². The quantitative estimate of drug-likeness (QED) is 0.146. The Labute approximate surface area is 224 Å². The molecular weight excluding hydrogens is 597 g/mol. The van der Waals surface area contributed by atoms with Crippen LogP contribution in [0.25, 0.3) is 0 Å². The molecule has 7 nitrogen and oxygen atoms in total.